The molecule has 0 saturated carbocycles. The molecule has 3 aromatic rings. The number of piperidine rings is 1. The Bertz CT molecular complexity index is 1240. The second-order valence-corrected chi connectivity index (χ2v) is 8.87. The summed E-state index contributed by atoms with van der Waals surface area (Å²) >= 11 is 0. The maximum Gasteiger partial charge on any atom is 0.308 e. The normalized spacial score (nSPS) is 19.1. The van der Waals surface area contributed by atoms with Gasteiger partial charge in [-0.15, -0.1) is 0 Å². The molecule has 3 atom stereocenters. The Morgan fingerprint density at radius 2 is 2.06 bits per heavy atom. The van der Waals surface area contributed by atoms with E-state index in [0.717, 1.165) is 0 Å². The average molecular weight is 479 g/mol. The van der Waals surface area contributed by atoms with Gasteiger partial charge in [-0.25, -0.2) is 8.78 Å². The van der Waals surface area contributed by atoms with E-state index in [9.17, 15) is 14.3 Å². The van der Waals surface area contributed by atoms with Crippen molar-refractivity contribution >= 4 is 16.9 Å². The summed E-state index contributed by atoms with van der Waals surface area (Å²) in [6.07, 6.45) is 1.78. The van der Waals surface area contributed by atoms with Crippen molar-refractivity contribution in [3.8, 4) is 17.6 Å². The number of alkyl halides is 1. The first-order valence-electron chi connectivity index (χ1n) is 11.7. The van der Waals surface area contributed by atoms with Crippen LogP contribution < -0.4 is 4.74 Å². The van der Waals surface area contributed by atoms with Gasteiger partial charge >= 0.3 is 5.97 Å². The van der Waals surface area contributed by atoms with E-state index in [4.69, 9.17) is 4.74 Å². The van der Waals surface area contributed by atoms with Crippen LogP contribution in [0.1, 0.15) is 36.6 Å². The van der Waals surface area contributed by atoms with Crippen LogP contribution in [0.2, 0.25) is 0 Å². The highest BCUT2D eigenvalue weighted by molar-refractivity contribution is 5.83. The number of aliphatic carboxylic acids is 1. The summed E-state index contributed by atoms with van der Waals surface area (Å²) in [5.41, 5.74) is 1.96. The molecular weight excluding hydrogens is 450 g/mol. The van der Waals surface area contributed by atoms with Crippen LogP contribution in [0.3, 0.4) is 0 Å². The molecule has 0 bridgehead atoms. The van der Waals surface area contributed by atoms with E-state index in [0.29, 0.717) is 60.3 Å². The van der Waals surface area contributed by atoms with E-state index in [1.54, 1.807) is 49.7 Å². The van der Waals surface area contributed by atoms with Crippen LogP contribution in [0.5, 0.6) is 5.75 Å². The zero-order valence-electron chi connectivity index (χ0n) is 19.6. The summed E-state index contributed by atoms with van der Waals surface area (Å²) in [6, 6.07) is 13.0. The maximum absolute atomic E-state index is 15.3. The van der Waals surface area contributed by atoms with E-state index in [-0.39, 0.29) is 18.2 Å². The summed E-state index contributed by atoms with van der Waals surface area (Å²) in [6.45, 7) is 1.52. The van der Waals surface area contributed by atoms with E-state index < -0.39 is 18.1 Å². The monoisotopic (exact) mass is 478 g/mol. The fraction of sp³-hybridized carbons (Fsp3) is 0.357. The number of carboxylic acids is 1. The number of halogens is 2. The number of benzene rings is 2. The van der Waals surface area contributed by atoms with Gasteiger partial charge in [-0.2, -0.15) is 0 Å². The zero-order valence-corrected chi connectivity index (χ0v) is 19.6. The first-order chi connectivity index (χ1) is 16.9. The number of hydrogen-bond donors (Lipinski definition) is 1. The standard InChI is InChI=1S/C28H28F2N2O3/c1-35-22-9-11-27-24(17-22)23(12-14-31-27)26(30)10-6-20-13-16-32(18-25(20)28(33)34)15-2-3-19-4-7-21(29)8-5-19/h4-5,7-9,11-12,14,17,20,25-26H,6,10,13,15-16,18H2,1H3,(H,33,34)/t20-,25+,26-/m1/s1. The molecule has 182 valence electrons. The van der Waals surface area contributed by atoms with Crippen molar-refractivity contribution in [2.75, 3.05) is 26.7 Å². The van der Waals surface area contributed by atoms with Gasteiger partial charge in [0.05, 0.1) is 25.1 Å². The smallest absolute Gasteiger partial charge is 0.308 e. The van der Waals surface area contributed by atoms with E-state index in [2.05, 4.69) is 16.8 Å². The van der Waals surface area contributed by atoms with Crippen molar-refractivity contribution in [1.29, 1.82) is 0 Å². The van der Waals surface area contributed by atoms with Crippen LogP contribution in [0.25, 0.3) is 10.9 Å². The second kappa shape index (κ2) is 11.3. The van der Waals surface area contributed by atoms with Gasteiger partial charge in [0.1, 0.15) is 17.7 Å². The number of likely N-dealkylation sites (tertiary alicyclic amines) is 1. The van der Waals surface area contributed by atoms with Gasteiger partial charge in [0, 0.05) is 23.7 Å². The topological polar surface area (TPSA) is 62.7 Å². The number of hydrogen-bond acceptors (Lipinski definition) is 4. The molecule has 1 fully saturated rings. The summed E-state index contributed by atoms with van der Waals surface area (Å²) in [7, 11) is 1.57. The molecule has 2 aromatic carbocycles. The minimum absolute atomic E-state index is 0.102. The van der Waals surface area contributed by atoms with E-state index in [1.165, 1.54) is 12.1 Å². The fourth-order valence-electron chi connectivity index (χ4n) is 4.69. The lowest BCUT2D eigenvalue weighted by Gasteiger charge is -2.35. The minimum atomic E-state index is -1.22. The predicted octanol–water partition coefficient (Wildman–Crippen LogP) is 5.25. The number of nitrogens with zero attached hydrogens (tertiary/aromatic N) is 2. The lowest BCUT2D eigenvalue weighted by Crippen LogP contribution is -2.44. The van der Waals surface area contributed by atoms with Gasteiger partial charge < -0.3 is 9.84 Å². The molecule has 0 unspecified atom stereocenters. The summed E-state index contributed by atoms with van der Waals surface area (Å²) in [5, 5.41) is 10.5. The van der Waals surface area contributed by atoms with Crippen LogP contribution in [0.4, 0.5) is 8.78 Å². The van der Waals surface area contributed by atoms with Gasteiger partial charge in [0.25, 0.3) is 0 Å². The maximum atomic E-state index is 15.3. The quantitative estimate of drug-likeness (QED) is 0.470. The molecule has 7 heteroatoms. The number of aromatic nitrogens is 1. The Balaban J connectivity index is 1.37. The number of ether oxygens (including phenoxy) is 1. The highest BCUT2D eigenvalue weighted by Gasteiger charge is 2.34. The van der Waals surface area contributed by atoms with Crippen molar-refractivity contribution in [3.05, 3.63) is 71.7 Å². The van der Waals surface area contributed by atoms with Gasteiger partial charge in [0.2, 0.25) is 0 Å². The molecule has 0 amide bonds. The molecule has 1 aliphatic heterocycles. The third-order valence-electron chi connectivity index (χ3n) is 6.65. The first-order valence-corrected chi connectivity index (χ1v) is 11.7. The minimum Gasteiger partial charge on any atom is -0.497 e. The van der Waals surface area contributed by atoms with Gasteiger partial charge in [-0.3, -0.25) is 14.7 Å². The fourth-order valence-corrected chi connectivity index (χ4v) is 4.69. The van der Waals surface area contributed by atoms with Crippen molar-refractivity contribution < 1.29 is 23.4 Å². The van der Waals surface area contributed by atoms with Gasteiger partial charge in [-0.05, 0) is 85.8 Å². The van der Waals surface area contributed by atoms with Gasteiger partial charge in [-0.1, -0.05) is 11.8 Å². The van der Waals surface area contributed by atoms with Crippen molar-refractivity contribution in [3.63, 3.8) is 0 Å². The SMILES string of the molecule is COc1ccc2nccc([C@H](F)CC[C@@H]3CCN(CC#Cc4ccc(F)cc4)C[C@@H]3C(=O)O)c2c1. The Hall–Kier alpha value is -3.50. The number of fused-ring (bicyclic) bond motifs is 1. The summed E-state index contributed by atoms with van der Waals surface area (Å²) in [5.74, 6) is 4.83. The van der Waals surface area contributed by atoms with Gasteiger partial charge in [0.15, 0.2) is 0 Å². The first kappa shape index (κ1) is 24.6. The van der Waals surface area contributed by atoms with Crippen LogP contribution in [-0.2, 0) is 4.79 Å². The Labute approximate surface area is 203 Å². The highest BCUT2D eigenvalue weighted by atomic mass is 19.1. The molecule has 0 aliphatic carbocycles. The Morgan fingerprint density at radius 3 is 2.80 bits per heavy atom. The average Bonchev–Trinajstić information content (AvgIpc) is 2.88. The highest BCUT2D eigenvalue weighted by Crippen LogP contribution is 2.35. The molecule has 35 heavy (non-hydrogen) atoms. The molecule has 1 saturated heterocycles. The number of carbonyl (C=O) groups is 1. The molecule has 0 spiro atoms. The van der Waals surface area contributed by atoms with Crippen LogP contribution in [0, 0.1) is 29.5 Å². The lowest BCUT2D eigenvalue weighted by molar-refractivity contribution is -0.146. The number of pyridine rings is 1. The molecule has 2 heterocycles. The molecule has 1 aliphatic rings. The third kappa shape index (κ3) is 6.14. The molecule has 4 rings (SSSR count). The number of rotatable bonds is 7. The van der Waals surface area contributed by atoms with Crippen LogP contribution in [-0.4, -0.2) is 47.7 Å². The van der Waals surface area contributed by atoms with Crippen LogP contribution >= 0.6 is 0 Å². The Morgan fingerprint density at radius 1 is 1.26 bits per heavy atom. The Kier molecular flexibility index (Phi) is 7.94. The largest absolute Gasteiger partial charge is 0.497 e. The molecule has 0 radical (unpaired) electrons. The summed E-state index contributed by atoms with van der Waals surface area (Å²) in [4.78, 5) is 18.3. The summed E-state index contributed by atoms with van der Waals surface area (Å²) < 4.78 is 33.6. The number of carboxylic acid groups (broad SMARTS) is 1. The molecule has 1 N–H and O–H groups in total. The van der Waals surface area contributed by atoms with Crippen molar-refractivity contribution in [1.82, 2.24) is 9.88 Å². The lowest BCUT2D eigenvalue weighted by atomic mass is 9.81. The molecule has 5 nitrogen and oxygen atoms in total. The predicted molar refractivity (Wildman–Crippen MR) is 130 cm³/mol. The third-order valence-corrected chi connectivity index (χ3v) is 6.65. The zero-order chi connectivity index (χ0) is 24.8. The van der Waals surface area contributed by atoms with Crippen molar-refractivity contribution in [2.45, 2.75) is 25.4 Å². The number of methoxy groups -OCH3 is 1. The van der Waals surface area contributed by atoms with Crippen molar-refractivity contribution in [2.24, 2.45) is 11.8 Å². The van der Waals surface area contributed by atoms with Crippen LogP contribution in [0.15, 0.2) is 54.7 Å². The second-order valence-electron chi connectivity index (χ2n) is 8.87. The molecule has 1 aromatic heterocycles. The molecular formula is C28H28F2N2O3. The van der Waals surface area contributed by atoms with E-state index >= 15 is 4.39 Å². The van der Waals surface area contributed by atoms with E-state index in [1.807, 2.05) is 4.90 Å².